The van der Waals surface area contributed by atoms with Gasteiger partial charge in [0.25, 0.3) is 0 Å². The minimum atomic E-state index is 0.827. The number of thiazole rings is 1. The zero-order valence-electron chi connectivity index (χ0n) is 8.42. The largest absolute Gasteiger partial charge is 0.312 e. The molecule has 0 aliphatic rings. The molecule has 1 heterocycles. The maximum absolute atomic E-state index is 4.04. The molecule has 2 nitrogen and oxygen atoms in total. The Bertz CT molecular complexity index is 205. The Kier molecular flexibility index (Phi) is 5.01. The second-order valence-electron chi connectivity index (χ2n) is 3.28. The predicted molar refractivity (Wildman–Crippen MR) is 57.9 cm³/mol. The van der Waals surface area contributed by atoms with Crippen LogP contribution in [0.3, 0.4) is 0 Å². The standard InChI is InChI=1S/C10H18N2S/c1-3-9(4-2)5-11-6-10-7-12-8-13-10/h7-9,11H,3-6H2,1-2H3. The lowest BCUT2D eigenvalue weighted by Gasteiger charge is -2.12. The Morgan fingerprint density at radius 1 is 1.46 bits per heavy atom. The van der Waals surface area contributed by atoms with Crippen molar-refractivity contribution in [2.45, 2.75) is 33.2 Å². The molecule has 0 fully saturated rings. The summed E-state index contributed by atoms with van der Waals surface area (Å²) in [6.45, 7) is 6.61. The Morgan fingerprint density at radius 3 is 2.77 bits per heavy atom. The smallest absolute Gasteiger partial charge is 0.0794 e. The van der Waals surface area contributed by atoms with Gasteiger partial charge in [0.15, 0.2) is 0 Å². The van der Waals surface area contributed by atoms with Crippen LogP contribution < -0.4 is 5.32 Å². The molecule has 13 heavy (non-hydrogen) atoms. The predicted octanol–water partition coefficient (Wildman–Crippen LogP) is 2.67. The van der Waals surface area contributed by atoms with E-state index in [1.54, 1.807) is 11.3 Å². The van der Waals surface area contributed by atoms with Crippen LogP contribution in [0.25, 0.3) is 0 Å². The van der Waals surface area contributed by atoms with E-state index < -0.39 is 0 Å². The lowest BCUT2D eigenvalue weighted by Crippen LogP contribution is -2.21. The monoisotopic (exact) mass is 198 g/mol. The first-order valence-electron chi connectivity index (χ1n) is 4.94. The van der Waals surface area contributed by atoms with Crippen LogP contribution in [-0.4, -0.2) is 11.5 Å². The van der Waals surface area contributed by atoms with Crippen molar-refractivity contribution in [3.05, 3.63) is 16.6 Å². The summed E-state index contributed by atoms with van der Waals surface area (Å²) < 4.78 is 0. The second-order valence-corrected chi connectivity index (χ2v) is 4.25. The van der Waals surface area contributed by atoms with E-state index in [2.05, 4.69) is 24.1 Å². The van der Waals surface area contributed by atoms with Crippen LogP contribution >= 0.6 is 11.3 Å². The van der Waals surface area contributed by atoms with Gasteiger partial charge < -0.3 is 5.32 Å². The topological polar surface area (TPSA) is 24.9 Å². The molecule has 1 rings (SSSR count). The molecule has 0 spiro atoms. The van der Waals surface area contributed by atoms with E-state index >= 15 is 0 Å². The first kappa shape index (κ1) is 10.7. The average Bonchev–Trinajstić information content (AvgIpc) is 2.65. The van der Waals surface area contributed by atoms with E-state index in [4.69, 9.17) is 0 Å². The lowest BCUT2D eigenvalue weighted by atomic mass is 10.0. The summed E-state index contributed by atoms with van der Waals surface area (Å²) in [5.41, 5.74) is 1.88. The molecule has 0 aliphatic carbocycles. The van der Waals surface area contributed by atoms with Gasteiger partial charge in [-0.2, -0.15) is 0 Å². The molecular weight excluding hydrogens is 180 g/mol. The van der Waals surface area contributed by atoms with Crippen LogP contribution in [0.5, 0.6) is 0 Å². The van der Waals surface area contributed by atoms with Crippen LogP contribution in [0, 0.1) is 5.92 Å². The second kappa shape index (κ2) is 6.11. The molecule has 1 aromatic heterocycles. The van der Waals surface area contributed by atoms with Crippen molar-refractivity contribution in [1.29, 1.82) is 0 Å². The molecule has 0 saturated carbocycles. The van der Waals surface area contributed by atoms with Gasteiger partial charge in [0.2, 0.25) is 0 Å². The zero-order valence-corrected chi connectivity index (χ0v) is 9.23. The highest BCUT2D eigenvalue weighted by Gasteiger charge is 2.02. The highest BCUT2D eigenvalue weighted by atomic mass is 32.1. The van der Waals surface area contributed by atoms with Crippen molar-refractivity contribution >= 4 is 11.3 Å². The molecule has 0 bridgehead atoms. The summed E-state index contributed by atoms with van der Waals surface area (Å²) >= 11 is 1.72. The third kappa shape index (κ3) is 3.87. The minimum absolute atomic E-state index is 0.827. The summed E-state index contributed by atoms with van der Waals surface area (Å²) in [5, 5.41) is 3.46. The highest BCUT2D eigenvalue weighted by molar-refractivity contribution is 7.09. The van der Waals surface area contributed by atoms with E-state index in [0.717, 1.165) is 19.0 Å². The highest BCUT2D eigenvalue weighted by Crippen LogP contribution is 2.07. The van der Waals surface area contributed by atoms with Crippen LogP contribution in [0.15, 0.2) is 11.7 Å². The number of hydrogen-bond acceptors (Lipinski definition) is 3. The fourth-order valence-corrected chi connectivity index (χ4v) is 1.87. The van der Waals surface area contributed by atoms with Gasteiger partial charge in [-0.1, -0.05) is 26.7 Å². The van der Waals surface area contributed by atoms with E-state index in [0.29, 0.717) is 0 Å². The van der Waals surface area contributed by atoms with Gasteiger partial charge in [-0.15, -0.1) is 11.3 Å². The molecule has 0 saturated heterocycles. The maximum Gasteiger partial charge on any atom is 0.0794 e. The summed E-state index contributed by atoms with van der Waals surface area (Å²) in [6, 6.07) is 0. The van der Waals surface area contributed by atoms with E-state index in [1.165, 1.54) is 17.7 Å². The quantitative estimate of drug-likeness (QED) is 0.760. The van der Waals surface area contributed by atoms with Crippen molar-refractivity contribution in [3.8, 4) is 0 Å². The minimum Gasteiger partial charge on any atom is -0.312 e. The molecular formula is C10H18N2S. The SMILES string of the molecule is CCC(CC)CNCc1cncs1. The van der Waals surface area contributed by atoms with Gasteiger partial charge in [-0.05, 0) is 12.5 Å². The average molecular weight is 198 g/mol. The van der Waals surface area contributed by atoms with E-state index in [-0.39, 0.29) is 0 Å². The Labute approximate surface area is 84.4 Å². The Balaban J connectivity index is 2.13. The molecule has 0 unspecified atom stereocenters. The third-order valence-electron chi connectivity index (χ3n) is 2.37. The maximum atomic E-state index is 4.04. The number of nitrogens with one attached hydrogen (secondary N) is 1. The Morgan fingerprint density at radius 2 is 2.23 bits per heavy atom. The van der Waals surface area contributed by atoms with Gasteiger partial charge in [0, 0.05) is 17.6 Å². The third-order valence-corrected chi connectivity index (χ3v) is 3.15. The fraction of sp³-hybridized carbons (Fsp3) is 0.700. The molecule has 0 atom stereocenters. The van der Waals surface area contributed by atoms with Crippen LogP contribution in [0.4, 0.5) is 0 Å². The lowest BCUT2D eigenvalue weighted by molar-refractivity contribution is 0.450. The molecule has 0 aromatic carbocycles. The van der Waals surface area contributed by atoms with Crippen LogP contribution in [0.2, 0.25) is 0 Å². The zero-order chi connectivity index (χ0) is 9.52. The number of rotatable bonds is 6. The van der Waals surface area contributed by atoms with Gasteiger partial charge in [-0.25, -0.2) is 0 Å². The summed E-state index contributed by atoms with van der Waals surface area (Å²) in [5.74, 6) is 0.827. The molecule has 3 heteroatoms. The van der Waals surface area contributed by atoms with Crippen LogP contribution in [0.1, 0.15) is 31.6 Å². The Hall–Kier alpha value is -0.410. The summed E-state index contributed by atoms with van der Waals surface area (Å²) in [6.07, 6.45) is 4.48. The van der Waals surface area contributed by atoms with Crippen molar-refractivity contribution in [2.75, 3.05) is 6.54 Å². The number of hydrogen-bond donors (Lipinski definition) is 1. The molecule has 0 amide bonds. The van der Waals surface area contributed by atoms with Crippen molar-refractivity contribution < 1.29 is 0 Å². The van der Waals surface area contributed by atoms with Gasteiger partial charge in [0.1, 0.15) is 0 Å². The van der Waals surface area contributed by atoms with Gasteiger partial charge >= 0.3 is 0 Å². The van der Waals surface area contributed by atoms with Gasteiger partial charge in [0.05, 0.1) is 5.51 Å². The van der Waals surface area contributed by atoms with E-state index in [9.17, 15) is 0 Å². The first-order valence-corrected chi connectivity index (χ1v) is 5.82. The molecule has 1 aromatic rings. The molecule has 1 N–H and O–H groups in total. The normalized spacial score (nSPS) is 11.0. The van der Waals surface area contributed by atoms with E-state index in [1.807, 2.05) is 11.7 Å². The molecule has 0 radical (unpaired) electrons. The number of aromatic nitrogens is 1. The van der Waals surface area contributed by atoms with Crippen molar-refractivity contribution in [1.82, 2.24) is 10.3 Å². The fourth-order valence-electron chi connectivity index (χ4n) is 1.31. The molecule has 0 aliphatic heterocycles. The first-order chi connectivity index (χ1) is 6.36. The molecule has 74 valence electrons. The van der Waals surface area contributed by atoms with Crippen LogP contribution in [-0.2, 0) is 6.54 Å². The summed E-state index contributed by atoms with van der Waals surface area (Å²) in [4.78, 5) is 5.36. The van der Waals surface area contributed by atoms with Crippen molar-refractivity contribution in [2.24, 2.45) is 5.92 Å². The van der Waals surface area contributed by atoms with Crippen molar-refractivity contribution in [3.63, 3.8) is 0 Å². The van der Waals surface area contributed by atoms with Gasteiger partial charge in [-0.3, -0.25) is 4.98 Å². The number of nitrogens with zero attached hydrogens (tertiary/aromatic N) is 1. The summed E-state index contributed by atoms with van der Waals surface area (Å²) in [7, 11) is 0.